The van der Waals surface area contributed by atoms with Crippen molar-refractivity contribution >= 4 is 22.8 Å². The maximum absolute atomic E-state index is 11.2. The Balaban J connectivity index is 3.97. The van der Waals surface area contributed by atoms with Crippen molar-refractivity contribution in [2.75, 3.05) is 19.8 Å². The highest BCUT2D eigenvalue weighted by molar-refractivity contribution is 8.13. The van der Waals surface area contributed by atoms with Crippen molar-refractivity contribution in [3.05, 3.63) is 0 Å². The summed E-state index contributed by atoms with van der Waals surface area (Å²) in [5, 5.41) is 5.34. The summed E-state index contributed by atoms with van der Waals surface area (Å²) < 4.78 is 0. The lowest BCUT2D eigenvalue weighted by molar-refractivity contribution is -0.124. The van der Waals surface area contributed by atoms with Crippen LogP contribution >= 0.6 is 11.8 Å². The van der Waals surface area contributed by atoms with Crippen LogP contribution in [-0.4, -0.2) is 36.9 Å². The van der Waals surface area contributed by atoms with Crippen molar-refractivity contribution in [1.82, 2.24) is 10.6 Å². The fourth-order valence-electron chi connectivity index (χ4n) is 0.887. The van der Waals surface area contributed by atoms with Gasteiger partial charge in [0, 0.05) is 13.5 Å². The number of nitrogens with one attached hydrogen (secondary N) is 2. The van der Waals surface area contributed by atoms with Crippen LogP contribution in [0.2, 0.25) is 0 Å². The standard InChI is InChI=1S/C8H16N2O2S/c1-4-13-7(11)5-6(9-2)8(12)10-3/h6,9H,4-5H2,1-3H3,(H,10,12). The highest BCUT2D eigenvalue weighted by atomic mass is 32.2. The molecule has 1 amide bonds. The summed E-state index contributed by atoms with van der Waals surface area (Å²) >= 11 is 1.24. The minimum Gasteiger partial charge on any atom is -0.358 e. The van der Waals surface area contributed by atoms with E-state index in [1.165, 1.54) is 11.8 Å². The molecule has 0 aromatic rings. The van der Waals surface area contributed by atoms with Crippen molar-refractivity contribution in [1.29, 1.82) is 0 Å². The van der Waals surface area contributed by atoms with Crippen molar-refractivity contribution in [2.45, 2.75) is 19.4 Å². The molecule has 0 bridgehead atoms. The average molecular weight is 204 g/mol. The Morgan fingerprint density at radius 3 is 2.38 bits per heavy atom. The molecule has 1 atom stereocenters. The molecular formula is C8H16N2O2S. The number of thioether (sulfide) groups is 1. The second-order valence-electron chi connectivity index (χ2n) is 2.46. The molecule has 0 aliphatic rings. The molecule has 0 aliphatic heterocycles. The first kappa shape index (κ1) is 12.4. The summed E-state index contributed by atoms with van der Waals surface area (Å²) in [7, 11) is 3.23. The maximum Gasteiger partial charge on any atom is 0.237 e. The van der Waals surface area contributed by atoms with E-state index in [-0.39, 0.29) is 17.4 Å². The van der Waals surface area contributed by atoms with Gasteiger partial charge in [0.2, 0.25) is 5.91 Å². The Bertz CT molecular complexity index is 185. The molecular weight excluding hydrogens is 188 g/mol. The van der Waals surface area contributed by atoms with Gasteiger partial charge in [-0.1, -0.05) is 18.7 Å². The number of likely N-dealkylation sites (N-methyl/N-ethyl adjacent to an activating group) is 2. The third-order valence-electron chi connectivity index (χ3n) is 1.59. The number of amides is 1. The number of hydrogen-bond acceptors (Lipinski definition) is 4. The Hall–Kier alpha value is -0.550. The van der Waals surface area contributed by atoms with E-state index in [9.17, 15) is 9.59 Å². The topological polar surface area (TPSA) is 58.2 Å². The first-order valence-corrected chi connectivity index (χ1v) is 5.18. The van der Waals surface area contributed by atoms with Crippen LogP contribution in [0.15, 0.2) is 0 Å². The maximum atomic E-state index is 11.2. The van der Waals surface area contributed by atoms with Gasteiger partial charge in [0.1, 0.15) is 0 Å². The van der Waals surface area contributed by atoms with Crippen LogP contribution in [-0.2, 0) is 9.59 Å². The van der Waals surface area contributed by atoms with Gasteiger partial charge in [-0.25, -0.2) is 0 Å². The molecule has 0 saturated carbocycles. The summed E-state index contributed by atoms with van der Waals surface area (Å²) in [4.78, 5) is 22.3. The zero-order chi connectivity index (χ0) is 10.3. The molecule has 76 valence electrons. The summed E-state index contributed by atoms with van der Waals surface area (Å²) in [5.41, 5.74) is 0. The lowest BCUT2D eigenvalue weighted by Gasteiger charge is -2.12. The smallest absolute Gasteiger partial charge is 0.237 e. The van der Waals surface area contributed by atoms with Crippen molar-refractivity contribution in [3.8, 4) is 0 Å². The molecule has 0 rings (SSSR count). The Morgan fingerprint density at radius 2 is 2.00 bits per heavy atom. The molecule has 2 N–H and O–H groups in total. The first-order valence-electron chi connectivity index (χ1n) is 4.20. The van der Waals surface area contributed by atoms with E-state index in [0.29, 0.717) is 0 Å². The van der Waals surface area contributed by atoms with Crippen LogP contribution in [0.5, 0.6) is 0 Å². The number of rotatable bonds is 5. The second-order valence-corrected chi connectivity index (χ2v) is 3.79. The van der Waals surface area contributed by atoms with Crippen LogP contribution < -0.4 is 10.6 Å². The Morgan fingerprint density at radius 1 is 1.38 bits per heavy atom. The van der Waals surface area contributed by atoms with Gasteiger partial charge >= 0.3 is 0 Å². The van der Waals surface area contributed by atoms with E-state index in [1.807, 2.05) is 6.92 Å². The molecule has 13 heavy (non-hydrogen) atoms. The van der Waals surface area contributed by atoms with Gasteiger partial charge in [-0.15, -0.1) is 0 Å². The van der Waals surface area contributed by atoms with Crippen molar-refractivity contribution < 1.29 is 9.59 Å². The van der Waals surface area contributed by atoms with Gasteiger partial charge in [-0.2, -0.15) is 0 Å². The Kier molecular flexibility index (Phi) is 6.62. The fraction of sp³-hybridized carbons (Fsp3) is 0.750. The van der Waals surface area contributed by atoms with Crippen molar-refractivity contribution in [2.24, 2.45) is 0 Å². The molecule has 0 aromatic carbocycles. The van der Waals surface area contributed by atoms with E-state index < -0.39 is 6.04 Å². The van der Waals surface area contributed by atoms with Gasteiger partial charge in [0.05, 0.1) is 6.04 Å². The molecule has 0 saturated heterocycles. The van der Waals surface area contributed by atoms with Crippen molar-refractivity contribution in [3.63, 3.8) is 0 Å². The minimum absolute atomic E-state index is 0.0467. The predicted molar refractivity (Wildman–Crippen MR) is 54.7 cm³/mol. The monoisotopic (exact) mass is 204 g/mol. The van der Waals surface area contributed by atoms with Gasteiger partial charge in [-0.05, 0) is 12.8 Å². The SMILES string of the molecule is CCSC(=O)CC(NC)C(=O)NC. The number of carbonyl (C=O) groups is 2. The summed E-state index contributed by atoms with van der Waals surface area (Å²) in [6.45, 7) is 1.91. The van der Waals surface area contributed by atoms with Gasteiger partial charge in [-0.3, -0.25) is 9.59 Å². The van der Waals surface area contributed by atoms with E-state index in [1.54, 1.807) is 14.1 Å². The predicted octanol–water partition coefficient (Wildman–Crippen LogP) is -0.00980. The van der Waals surface area contributed by atoms with E-state index in [2.05, 4.69) is 10.6 Å². The molecule has 1 unspecified atom stereocenters. The normalized spacial score (nSPS) is 12.2. The molecule has 5 heteroatoms. The van der Waals surface area contributed by atoms with Crippen LogP contribution in [0.4, 0.5) is 0 Å². The average Bonchev–Trinajstić information content (AvgIpc) is 2.13. The third-order valence-corrected chi connectivity index (χ3v) is 2.36. The van der Waals surface area contributed by atoms with E-state index >= 15 is 0 Å². The van der Waals surface area contributed by atoms with E-state index in [0.717, 1.165) is 5.75 Å². The summed E-state index contributed by atoms with van der Waals surface area (Å²) in [5.74, 6) is 0.607. The van der Waals surface area contributed by atoms with Gasteiger partial charge in [0.25, 0.3) is 0 Å². The zero-order valence-electron chi connectivity index (χ0n) is 8.22. The largest absolute Gasteiger partial charge is 0.358 e. The van der Waals surface area contributed by atoms with E-state index in [4.69, 9.17) is 0 Å². The molecule has 0 spiro atoms. The second kappa shape index (κ2) is 6.91. The number of hydrogen-bond donors (Lipinski definition) is 2. The molecule has 0 heterocycles. The van der Waals surface area contributed by atoms with Crippen LogP contribution in [0.3, 0.4) is 0 Å². The summed E-state index contributed by atoms with van der Waals surface area (Å²) in [6.07, 6.45) is 0.245. The third kappa shape index (κ3) is 4.90. The molecule has 0 fully saturated rings. The first-order chi connectivity index (χ1) is 6.15. The molecule has 0 aromatic heterocycles. The molecule has 0 aliphatic carbocycles. The van der Waals surface area contributed by atoms with Crippen LogP contribution in [0, 0.1) is 0 Å². The lowest BCUT2D eigenvalue weighted by Crippen LogP contribution is -2.42. The zero-order valence-corrected chi connectivity index (χ0v) is 9.03. The van der Waals surface area contributed by atoms with Gasteiger partial charge in [0.15, 0.2) is 5.12 Å². The van der Waals surface area contributed by atoms with Crippen LogP contribution in [0.1, 0.15) is 13.3 Å². The summed E-state index contributed by atoms with van der Waals surface area (Å²) in [6, 6.07) is -0.406. The highest BCUT2D eigenvalue weighted by Crippen LogP contribution is 2.06. The molecule has 0 radical (unpaired) electrons. The lowest BCUT2D eigenvalue weighted by atomic mass is 10.2. The Labute approximate surface area is 82.8 Å². The minimum atomic E-state index is -0.406. The number of carbonyl (C=O) groups excluding carboxylic acids is 2. The van der Waals surface area contributed by atoms with Gasteiger partial charge < -0.3 is 10.6 Å². The quantitative estimate of drug-likeness (QED) is 0.661. The highest BCUT2D eigenvalue weighted by Gasteiger charge is 2.18. The van der Waals surface area contributed by atoms with Crippen LogP contribution in [0.25, 0.3) is 0 Å². The fourth-order valence-corrected chi connectivity index (χ4v) is 1.49. The molecule has 4 nitrogen and oxygen atoms in total.